The molecule has 0 spiro atoms. The molecule has 3 rings (SSSR count). The molecule has 2 aromatic rings. The van der Waals surface area contributed by atoms with Crippen LogP contribution in [0.25, 0.3) is 0 Å². The molecule has 0 fully saturated rings. The number of hydrogen-bond donors (Lipinski definition) is 1. The molecule has 0 aliphatic heterocycles. The monoisotopic (exact) mass is 288 g/mol. The molecule has 106 valence electrons. The van der Waals surface area contributed by atoms with Crippen LogP contribution in [-0.2, 0) is 13.5 Å². The van der Waals surface area contributed by atoms with Gasteiger partial charge < -0.3 is 5.32 Å². The van der Waals surface area contributed by atoms with Gasteiger partial charge in [-0.15, -0.1) is 0 Å². The van der Waals surface area contributed by atoms with Crippen LogP contribution in [0.5, 0.6) is 0 Å². The number of benzene rings is 1. The van der Waals surface area contributed by atoms with Crippen LogP contribution >= 0.6 is 11.8 Å². The van der Waals surface area contributed by atoms with E-state index in [4.69, 9.17) is 0 Å². The van der Waals surface area contributed by atoms with Crippen molar-refractivity contribution < 1.29 is 0 Å². The van der Waals surface area contributed by atoms with Crippen LogP contribution in [0.15, 0.2) is 35.7 Å². The zero-order valence-electron chi connectivity index (χ0n) is 11.9. The molecule has 1 aliphatic rings. The normalized spacial score (nSPS) is 22.3. The highest BCUT2D eigenvalue weighted by atomic mass is 32.2. The third kappa shape index (κ3) is 2.60. The van der Waals surface area contributed by atoms with Crippen LogP contribution in [0, 0.1) is 0 Å². The lowest BCUT2D eigenvalue weighted by atomic mass is 9.99. The van der Waals surface area contributed by atoms with Gasteiger partial charge in [0.2, 0.25) is 0 Å². The number of nitrogens with one attached hydrogen (secondary N) is 1. The second-order valence-corrected chi connectivity index (χ2v) is 6.39. The lowest BCUT2D eigenvalue weighted by Gasteiger charge is -2.25. The first kappa shape index (κ1) is 13.6. The predicted octanol–water partition coefficient (Wildman–Crippen LogP) is 2.57. The van der Waals surface area contributed by atoms with E-state index in [0.29, 0.717) is 11.3 Å². The molecular formula is C15H20N4S. The molecule has 2 unspecified atom stereocenters. The summed E-state index contributed by atoms with van der Waals surface area (Å²) in [6.07, 6.45) is 5.22. The Balaban J connectivity index is 1.89. The summed E-state index contributed by atoms with van der Waals surface area (Å²) in [5, 5.41) is 9.16. The molecule has 4 nitrogen and oxygen atoms in total. The van der Waals surface area contributed by atoms with Crippen molar-refractivity contribution in [3.8, 4) is 0 Å². The maximum absolute atomic E-state index is 4.35. The number of thioether (sulfide) groups is 1. The van der Waals surface area contributed by atoms with E-state index in [1.54, 1.807) is 6.33 Å². The zero-order valence-corrected chi connectivity index (χ0v) is 12.7. The van der Waals surface area contributed by atoms with Crippen molar-refractivity contribution in [3.05, 3.63) is 41.7 Å². The molecule has 0 bridgehead atoms. The fourth-order valence-electron chi connectivity index (χ4n) is 2.92. The maximum Gasteiger partial charge on any atom is 0.186 e. The van der Waals surface area contributed by atoms with Crippen molar-refractivity contribution in [3.63, 3.8) is 0 Å². The largest absolute Gasteiger partial charge is 0.312 e. The van der Waals surface area contributed by atoms with Gasteiger partial charge in [0.05, 0.1) is 0 Å². The second-order valence-electron chi connectivity index (χ2n) is 5.18. The Bertz CT molecular complexity index is 581. The number of aryl methyl sites for hydroxylation is 2. The summed E-state index contributed by atoms with van der Waals surface area (Å²) < 4.78 is 1.86. The van der Waals surface area contributed by atoms with Gasteiger partial charge in [0.25, 0.3) is 0 Å². The third-order valence-corrected chi connectivity index (χ3v) is 5.33. The van der Waals surface area contributed by atoms with Crippen molar-refractivity contribution in [1.82, 2.24) is 20.1 Å². The quantitative estimate of drug-likeness (QED) is 0.882. The minimum Gasteiger partial charge on any atom is -0.312 e. The standard InChI is InChI=1S/C15H20N4S/c1-16-14-12-8-4-3-6-11(12)7-5-9-13(14)20-15-17-10-18-19(15)2/h3-4,6,8,10,13-14,16H,5,7,9H2,1-2H3. The van der Waals surface area contributed by atoms with Crippen LogP contribution in [0.1, 0.15) is 30.0 Å². The lowest BCUT2D eigenvalue weighted by molar-refractivity contribution is 0.544. The first-order valence-electron chi connectivity index (χ1n) is 7.05. The van der Waals surface area contributed by atoms with Gasteiger partial charge in [0.15, 0.2) is 5.16 Å². The van der Waals surface area contributed by atoms with Gasteiger partial charge in [-0.2, -0.15) is 5.10 Å². The molecule has 20 heavy (non-hydrogen) atoms. The number of fused-ring (bicyclic) bond motifs is 1. The Hall–Kier alpha value is -1.33. The molecule has 0 saturated carbocycles. The highest BCUT2D eigenvalue weighted by Crippen LogP contribution is 2.38. The van der Waals surface area contributed by atoms with Crippen LogP contribution in [0.3, 0.4) is 0 Å². The van der Waals surface area contributed by atoms with E-state index in [1.807, 2.05) is 23.5 Å². The topological polar surface area (TPSA) is 42.7 Å². The van der Waals surface area contributed by atoms with Gasteiger partial charge in [-0.25, -0.2) is 9.67 Å². The van der Waals surface area contributed by atoms with E-state index in [2.05, 4.69) is 46.7 Å². The van der Waals surface area contributed by atoms with Gasteiger partial charge in [0.1, 0.15) is 6.33 Å². The van der Waals surface area contributed by atoms with Gasteiger partial charge in [0, 0.05) is 18.3 Å². The molecule has 0 radical (unpaired) electrons. The summed E-state index contributed by atoms with van der Waals surface area (Å²) in [5.41, 5.74) is 2.92. The summed E-state index contributed by atoms with van der Waals surface area (Å²) in [7, 11) is 4.01. The Kier molecular flexibility index (Phi) is 4.08. The highest BCUT2D eigenvalue weighted by molar-refractivity contribution is 7.99. The number of hydrogen-bond acceptors (Lipinski definition) is 4. The van der Waals surface area contributed by atoms with Gasteiger partial charge in [-0.1, -0.05) is 36.0 Å². The Morgan fingerprint density at radius 3 is 2.95 bits per heavy atom. The van der Waals surface area contributed by atoms with Crippen molar-refractivity contribution >= 4 is 11.8 Å². The molecule has 1 aromatic heterocycles. The summed E-state index contributed by atoms with van der Waals surface area (Å²) in [6, 6.07) is 9.16. The molecule has 1 heterocycles. The average Bonchev–Trinajstić information content (AvgIpc) is 2.77. The summed E-state index contributed by atoms with van der Waals surface area (Å²) >= 11 is 1.83. The summed E-state index contributed by atoms with van der Waals surface area (Å²) in [6.45, 7) is 0. The van der Waals surface area contributed by atoms with Crippen molar-refractivity contribution in [2.45, 2.75) is 35.7 Å². The first-order chi connectivity index (χ1) is 9.79. The van der Waals surface area contributed by atoms with Crippen molar-refractivity contribution in [1.29, 1.82) is 0 Å². The van der Waals surface area contributed by atoms with E-state index in [-0.39, 0.29) is 0 Å². The number of aromatic nitrogens is 3. The Morgan fingerprint density at radius 1 is 1.35 bits per heavy atom. The molecule has 1 aromatic carbocycles. The van der Waals surface area contributed by atoms with Crippen LogP contribution < -0.4 is 5.32 Å². The number of rotatable bonds is 3. The highest BCUT2D eigenvalue weighted by Gasteiger charge is 2.28. The molecular weight excluding hydrogens is 268 g/mol. The van der Waals surface area contributed by atoms with E-state index >= 15 is 0 Å². The minimum atomic E-state index is 0.371. The predicted molar refractivity (Wildman–Crippen MR) is 81.8 cm³/mol. The molecule has 0 amide bonds. The van der Waals surface area contributed by atoms with E-state index in [9.17, 15) is 0 Å². The molecule has 1 aliphatic carbocycles. The molecule has 0 saturated heterocycles. The van der Waals surface area contributed by atoms with Crippen molar-refractivity contribution in [2.24, 2.45) is 7.05 Å². The van der Waals surface area contributed by atoms with E-state index < -0.39 is 0 Å². The van der Waals surface area contributed by atoms with Crippen LogP contribution in [0.2, 0.25) is 0 Å². The Labute approximate surface area is 124 Å². The van der Waals surface area contributed by atoms with Gasteiger partial charge in [-0.05, 0) is 37.4 Å². The third-order valence-electron chi connectivity index (χ3n) is 3.93. The lowest BCUT2D eigenvalue weighted by Crippen LogP contribution is -2.27. The van der Waals surface area contributed by atoms with Crippen LogP contribution in [-0.4, -0.2) is 27.1 Å². The number of nitrogens with zero attached hydrogens (tertiary/aromatic N) is 3. The summed E-state index contributed by atoms with van der Waals surface area (Å²) in [5.74, 6) is 0. The van der Waals surface area contributed by atoms with E-state index in [1.165, 1.54) is 30.4 Å². The van der Waals surface area contributed by atoms with Gasteiger partial charge in [-0.3, -0.25) is 0 Å². The molecule has 1 N–H and O–H groups in total. The summed E-state index contributed by atoms with van der Waals surface area (Å²) in [4.78, 5) is 4.35. The first-order valence-corrected chi connectivity index (χ1v) is 7.93. The Morgan fingerprint density at radius 2 is 2.20 bits per heavy atom. The SMILES string of the molecule is CNC1c2ccccc2CCCC1Sc1ncnn1C. The minimum absolute atomic E-state index is 0.371. The molecule has 5 heteroatoms. The fourth-order valence-corrected chi connectivity index (χ4v) is 4.20. The fraction of sp³-hybridized carbons (Fsp3) is 0.467. The zero-order chi connectivity index (χ0) is 13.9. The molecule has 2 atom stereocenters. The van der Waals surface area contributed by atoms with Crippen LogP contribution in [0.4, 0.5) is 0 Å². The second kappa shape index (κ2) is 5.97. The average molecular weight is 288 g/mol. The smallest absolute Gasteiger partial charge is 0.186 e. The maximum atomic E-state index is 4.35. The van der Waals surface area contributed by atoms with Gasteiger partial charge >= 0.3 is 0 Å². The van der Waals surface area contributed by atoms with E-state index in [0.717, 1.165) is 5.16 Å². The van der Waals surface area contributed by atoms with Crippen molar-refractivity contribution in [2.75, 3.05) is 7.05 Å².